The molecule has 21 heavy (non-hydrogen) atoms. The third-order valence-electron chi connectivity index (χ3n) is 5.03. The second kappa shape index (κ2) is 7.39. The third kappa shape index (κ3) is 4.06. The summed E-state index contributed by atoms with van der Waals surface area (Å²) in [5.41, 5.74) is 1.39. The highest BCUT2D eigenvalue weighted by Crippen LogP contribution is 2.24. The fourth-order valence-corrected chi connectivity index (χ4v) is 3.79. The molecule has 1 aromatic carbocycles. The maximum absolute atomic E-state index is 5.50. The molecule has 2 aliphatic rings. The summed E-state index contributed by atoms with van der Waals surface area (Å²) in [6, 6.07) is 12.8. The molecule has 2 aliphatic heterocycles. The second-order valence-electron chi connectivity index (χ2n) is 6.52. The number of likely N-dealkylation sites (tertiary alicyclic amines) is 1. The summed E-state index contributed by atoms with van der Waals surface area (Å²) in [5, 5.41) is 3.74. The van der Waals surface area contributed by atoms with Gasteiger partial charge in [-0.1, -0.05) is 30.3 Å². The minimum absolute atomic E-state index is 0.663. The number of benzene rings is 1. The Morgan fingerprint density at radius 1 is 1.14 bits per heavy atom. The Balaban J connectivity index is 1.46. The maximum atomic E-state index is 5.50. The van der Waals surface area contributed by atoms with E-state index in [-0.39, 0.29) is 0 Å². The molecule has 116 valence electrons. The number of nitrogens with zero attached hydrogens (tertiary/aromatic N) is 1. The summed E-state index contributed by atoms with van der Waals surface area (Å²) < 4.78 is 5.50. The van der Waals surface area contributed by atoms with Crippen LogP contribution < -0.4 is 5.32 Å². The normalized spacial score (nSPS) is 28.6. The Hall–Kier alpha value is -0.900. The number of nitrogens with one attached hydrogen (secondary N) is 1. The molecule has 0 aliphatic carbocycles. The maximum Gasteiger partial charge on any atom is 0.0480 e. The van der Waals surface area contributed by atoms with Crippen LogP contribution in [0.25, 0.3) is 0 Å². The first kappa shape index (κ1) is 15.0. The fraction of sp³-hybridized carbons (Fsp3) is 0.667. The van der Waals surface area contributed by atoms with E-state index in [9.17, 15) is 0 Å². The standard InChI is InChI=1S/C18H28N2O/c1-15-13-17(19-14-16-5-3-2-4-6-16)7-10-20(15)18-8-11-21-12-9-18/h2-6,15,17-19H,7-14H2,1H3. The van der Waals surface area contributed by atoms with Gasteiger partial charge in [-0.2, -0.15) is 0 Å². The molecular weight excluding hydrogens is 260 g/mol. The van der Waals surface area contributed by atoms with E-state index in [0.29, 0.717) is 12.1 Å². The predicted molar refractivity (Wildman–Crippen MR) is 86.3 cm³/mol. The molecule has 0 amide bonds. The monoisotopic (exact) mass is 288 g/mol. The Morgan fingerprint density at radius 3 is 2.62 bits per heavy atom. The van der Waals surface area contributed by atoms with Crippen molar-refractivity contribution in [2.75, 3.05) is 19.8 Å². The van der Waals surface area contributed by atoms with Crippen molar-refractivity contribution >= 4 is 0 Å². The first-order chi connectivity index (χ1) is 10.3. The van der Waals surface area contributed by atoms with Crippen molar-refractivity contribution in [3.63, 3.8) is 0 Å². The van der Waals surface area contributed by atoms with Crippen LogP contribution in [-0.4, -0.2) is 42.8 Å². The quantitative estimate of drug-likeness (QED) is 0.922. The smallest absolute Gasteiger partial charge is 0.0480 e. The lowest BCUT2D eigenvalue weighted by atomic mass is 9.94. The van der Waals surface area contributed by atoms with Crippen molar-refractivity contribution in [2.45, 2.75) is 57.3 Å². The molecule has 3 heteroatoms. The van der Waals surface area contributed by atoms with Gasteiger partial charge in [-0.15, -0.1) is 0 Å². The first-order valence-electron chi connectivity index (χ1n) is 8.44. The zero-order valence-electron chi connectivity index (χ0n) is 13.1. The van der Waals surface area contributed by atoms with Crippen LogP contribution in [0.15, 0.2) is 30.3 Å². The average molecular weight is 288 g/mol. The third-order valence-corrected chi connectivity index (χ3v) is 5.03. The second-order valence-corrected chi connectivity index (χ2v) is 6.52. The topological polar surface area (TPSA) is 24.5 Å². The summed E-state index contributed by atoms with van der Waals surface area (Å²) in [4.78, 5) is 2.73. The molecule has 0 bridgehead atoms. The van der Waals surface area contributed by atoms with Crippen LogP contribution in [0.4, 0.5) is 0 Å². The molecule has 0 aromatic heterocycles. The van der Waals surface area contributed by atoms with Gasteiger partial charge in [-0.3, -0.25) is 4.90 Å². The van der Waals surface area contributed by atoms with Gasteiger partial charge in [-0.25, -0.2) is 0 Å². The van der Waals surface area contributed by atoms with Crippen molar-refractivity contribution in [1.82, 2.24) is 10.2 Å². The van der Waals surface area contributed by atoms with E-state index in [2.05, 4.69) is 47.5 Å². The van der Waals surface area contributed by atoms with Crippen LogP contribution >= 0.6 is 0 Å². The summed E-state index contributed by atoms with van der Waals surface area (Å²) in [6.07, 6.45) is 4.97. The van der Waals surface area contributed by atoms with Gasteiger partial charge in [0.1, 0.15) is 0 Å². The summed E-state index contributed by atoms with van der Waals surface area (Å²) in [7, 11) is 0. The van der Waals surface area contributed by atoms with Gasteiger partial charge >= 0.3 is 0 Å². The molecule has 0 saturated carbocycles. The van der Waals surface area contributed by atoms with Gasteiger partial charge in [0.2, 0.25) is 0 Å². The van der Waals surface area contributed by atoms with Crippen molar-refractivity contribution in [3.8, 4) is 0 Å². The van der Waals surface area contributed by atoms with E-state index in [0.717, 1.165) is 25.8 Å². The lowest BCUT2D eigenvalue weighted by molar-refractivity contribution is 0.00367. The average Bonchev–Trinajstić information content (AvgIpc) is 2.55. The highest BCUT2D eigenvalue weighted by molar-refractivity contribution is 5.14. The molecule has 3 rings (SSSR count). The zero-order valence-corrected chi connectivity index (χ0v) is 13.1. The zero-order chi connectivity index (χ0) is 14.5. The largest absolute Gasteiger partial charge is 0.381 e. The van der Waals surface area contributed by atoms with E-state index >= 15 is 0 Å². The van der Waals surface area contributed by atoms with Crippen LogP contribution in [0, 0.1) is 0 Å². The molecule has 2 heterocycles. The molecule has 2 fully saturated rings. The molecule has 2 atom stereocenters. The van der Waals surface area contributed by atoms with Gasteiger partial charge in [0.15, 0.2) is 0 Å². The van der Waals surface area contributed by atoms with E-state index in [1.165, 1.54) is 37.8 Å². The van der Waals surface area contributed by atoms with Gasteiger partial charge in [0, 0.05) is 44.4 Å². The number of piperidine rings is 1. The number of rotatable bonds is 4. The van der Waals surface area contributed by atoms with Crippen LogP contribution in [0.2, 0.25) is 0 Å². The van der Waals surface area contributed by atoms with Crippen LogP contribution in [-0.2, 0) is 11.3 Å². The molecule has 3 nitrogen and oxygen atoms in total. The Labute approximate surface area is 128 Å². The summed E-state index contributed by atoms with van der Waals surface area (Å²) in [5.74, 6) is 0. The Kier molecular flexibility index (Phi) is 5.28. The van der Waals surface area contributed by atoms with Crippen molar-refractivity contribution in [3.05, 3.63) is 35.9 Å². The van der Waals surface area contributed by atoms with Crippen LogP contribution in [0.3, 0.4) is 0 Å². The SMILES string of the molecule is CC1CC(NCc2ccccc2)CCN1C1CCOCC1. The van der Waals surface area contributed by atoms with E-state index in [4.69, 9.17) is 4.74 Å². The molecule has 0 spiro atoms. The number of hydrogen-bond acceptors (Lipinski definition) is 3. The Morgan fingerprint density at radius 2 is 1.90 bits per heavy atom. The number of ether oxygens (including phenoxy) is 1. The van der Waals surface area contributed by atoms with Gasteiger partial charge in [0.25, 0.3) is 0 Å². The highest BCUT2D eigenvalue weighted by atomic mass is 16.5. The van der Waals surface area contributed by atoms with Crippen LogP contribution in [0.5, 0.6) is 0 Å². The van der Waals surface area contributed by atoms with E-state index < -0.39 is 0 Å². The van der Waals surface area contributed by atoms with Crippen molar-refractivity contribution < 1.29 is 4.74 Å². The molecule has 2 unspecified atom stereocenters. The minimum atomic E-state index is 0.663. The van der Waals surface area contributed by atoms with Crippen LogP contribution in [0.1, 0.15) is 38.2 Å². The first-order valence-corrected chi connectivity index (χ1v) is 8.44. The van der Waals surface area contributed by atoms with Crippen molar-refractivity contribution in [2.24, 2.45) is 0 Å². The molecule has 1 N–H and O–H groups in total. The molecule has 0 radical (unpaired) electrons. The lowest BCUT2D eigenvalue weighted by Gasteiger charge is -2.44. The highest BCUT2D eigenvalue weighted by Gasteiger charge is 2.30. The lowest BCUT2D eigenvalue weighted by Crippen LogP contribution is -2.52. The molecular formula is C18H28N2O. The number of hydrogen-bond donors (Lipinski definition) is 1. The van der Waals surface area contributed by atoms with E-state index in [1.807, 2.05) is 0 Å². The fourth-order valence-electron chi connectivity index (χ4n) is 3.79. The minimum Gasteiger partial charge on any atom is -0.381 e. The summed E-state index contributed by atoms with van der Waals surface area (Å²) >= 11 is 0. The van der Waals surface area contributed by atoms with E-state index in [1.54, 1.807) is 0 Å². The van der Waals surface area contributed by atoms with Gasteiger partial charge in [-0.05, 0) is 38.2 Å². The summed E-state index contributed by atoms with van der Waals surface area (Å²) in [6.45, 7) is 6.52. The molecule has 2 saturated heterocycles. The predicted octanol–water partition coefficient (Wildman–Crippen LogP) is 2.81. The molecule has 1 aromatic rings. The van der Waals surface area contributed by atoms with Gasteiger partial charge < -0.3 is 10.1 Å². The Bertz CT molecular complexity index is 416. The van der Waals surface area contributed by atoms with Crippen molar-refractivity contribution in [1.29, 1.82) is 0 Å². The van der Waals surface area contributed by atoms with Gasteiger partial charge in [0.05, 0.1) is 0 Å².